The van der Waals surface area contributed by atoms with Gasteiger partial charge in [-0.25, -0.2) is 8.42 Å². The van der Waals surface area contributed by atoms with Crippen molar-refractivity contribution in [1.29, 1.82) is 0 Å². The Hall–Kier alpha value is -0.140. The maximum absolute atomic E-state index is 12.7. The zero-order chi connectivity index (χ0) is 15.2. The molecule has 0 aromatic carbocycles. The number of ether oxygens (including phenoxy) is 1. The van der Waals surface area contributed by atoms with Crippen molar-refractivity contribution in [1.82, 2.24) is 4.31 Å². The summed E-state index contributed by atoms with van der Waals surface area (Å²) in [6.45, 7) is 4.66. The number of nitrogens with zero attached hydrogens (tertiary/aromatic N) is 1. The van der Waals surface area contributed by atoms with Crippen LogP contribution in [0.4, 0.5) is 0 Å². The smallest absolute Gasteiger partial charge is 0.252 e. The molecule has 0 aliphatic heterocycles. The molecular formula is C13H22ClNO3S2. The van der Waals surface area contributed by atoms with Gasteiger partial charge in [0, 0.05) is 30.5 Å². The topological polar surface area (TPSA) is 46.6 Å². The largest absolute Gasteiger partial charge is 0.383 e. The average molecular weight is 340 g/mol. The Morgan fingerprint density at radius 1 is 1.45 bits per heavy atom. The number of sulfonamides is 1. The highest BCUT2D eigenvalue weighted by Gasteiger charge is 2.29. The lowest BCUT2D eigenvalue weighted by molar-refractivity contribution is 0.167. The van der Waals surface area contributed by atoms with Gasteiger partial charge in [-0.15, -0.1) is 22.9 Å². The number of aryl methyl sites for hydroxylation is 1. The van der Waals surface area contributed by atoms with E-state index in [9.17, 15) is 8.42 Å². The second-order valence-electron chi connectivity index (χ2n) is 4.53. The van der Waals surface area contributed by atoms with Crippen molar-refractivity contribution in [3.8, 4) is 0 Å². The summed E-state index contributed by atoms with van der Waals surface area (Å²) in [5, 5.41) is 0. The summed E-state index contributed by atoms with van der Waals surface area (Å²) in [5.74, 6) is 0.499. The predicted octanol–water partition coefficient (Wildman–Crippen LogP) is 2.97. The first-order valence-corrected chi connectivity index (χ1v) is 9.41. The van der Waals surface area contributed by atoms with Crippen molar-refractivity contribution >= 4 is 33.0 Å². The van der Waals surface area contributed by atoms with Crippen LogP contribution in [-0.2, 0) is 21.2 Å². The highest BCUT2D eigenvalue weighted by atomic mass is 35.5. The van der Waals surface area contributed by atoms with Crippen LogP contribution in [0.1, 0.15) is 25.1 Å². The Bertz CT molecular complexity index is 501. The third kappa shape index (κ3) is 4.43. The highest BCUT2D eigenvalue weighted by Crippen LogP contribution is 2.27. The van der Waals surface area contributed by atoms with Crippen LogP contribution in [0, 0.1) is 0 Å². The summed E-state index contributed by atoms with van der Waals surface area (Å²) in [6, 6.07) is 3.46. The highest BCUT2D eigenvalue weighted by molar-refractivity contribution is 7.91. The standard InChI is InChI=1S/C13H22ClNO3S2/c1-4-11(2)15(9-10-18-3)20(16,17)13-6-5-12(19-13)7-8-14/h5-6,11H,4,7-10H2,1-3H3. The van der Waals surface area contributed by atoms with Crippen LogP contribution < -0.4 is 0 Å². The van der Waals surface area contributed by atoms with E-state index in [1.165, 1.54) is 15.6 Å². The molecule has 0 saturated carbocycles. The van der Waals surface area contributed by atoms with Crippen molar-refractivity contribution in [3.05, 3.63) is 17.0 Å². The minimum Gasteiger partial charge on any atom is -0.383 e. The van der Waals surface area contributed by atoms with Gasteiger partial charge >= 0.3 is 0 Å². The van der Waals surface area contributed by atoms with Crippen LogP contribution in [0.5, 0.6) is 0 Å². The van der Waals surface area contributed by atoms with Gasteiger partial charge in [0.2, 0.25) is 0 Å². The van der Waals surface area contributed by atoms with Crippen molar-refractivity contribution in [2.24, 2.45) is 0 Å². The lowest BCUT2D eigenvalue weighted by Crippen LogP contribution is -2.40. The molecular weight excluding hydrogens is 318 g/mol. The molecule has 0 bridgehead atoms. The van der Waals surface area contributed by atoms with Gasteiger partial charge in [0.1, 0.15) is 4.21 Å². The minimum absolute atomic E-state index is 0.0475. The van der Waals surface area contributed by atoms with E-state index < -0.39 is 10.0 Å². The van der Waals surface area contributed by atoms with Crippen LogP contribution >= 0.6 is 22.9 Å². The monoisotopic (exact) mass is 339 g/mol. The van der Waals surface area contributed by atoms with Crippen molar-refractivity contribution in [2.75, 3.05) is 26.1 Å². The Kier molecular flexibility index (Phi) is 7.47. The predicted molar refractivity (Wildman–Crippen MR) is 84.3 cm³/mol. The second-order valence-corrected chi connectivity index (χ2v) is 8.19. The fraction of sp³-hybridized carbons (Fsp3) is 0.692. The lowest BCUT2D eigenvalue weighted by Gasteiger charge is -2.26. The molecule has 0 aliphatic rings. The molecule has 0 spiro atoms. The fourth-order valence-electron chi connectivity index (χ4n) is 1.80. The van der Waals surface area contributed by atoms with Gasteiger partial charge in [0.15, 0.2) is 0 Å². The van der Waals surface area contributed by atoms with E-state index in [0.29, 0.717) is 29.7 Å². The fourth-order valence-corrected chi connectivity index (χ4v) is 5.29. The van der Waals surface area contributed by atoms with Gasteiger partial charge in [-0.1, -0.05) is 6.92 Å². The molecule has 1 aromatic rings. The Balaban J connectivity index is 3.01. The normalized spacial score (nSPS) is 13.8. The van der Waals surface area contributed by atoms with E-state index in [4.69, 9.17) is 16.3 Å². The first kappa shape index (κ1) is 17.9. The van der Waals surface area contributed by atoms with Gasteiger partial charge in [-0.3, -0.25) is 0 Å². The first-order valence-electron chi connectivity index (χ1n) is 6.62. The number of thiophene rings is 1. The molecule has 0 saturated heterocycles. The molecule has 116 valence electrons. The van der Waals surface area contributed by atoms with Crippen LogP contribution in [0.3, 0.4) is 0 Å². The molecule has 0 fully saturated rings. The van der Waals surface area contributed by atoms with Gasteiger partial charge in [0.05, 0.1) is 6.61 Å². The van der Waals surface area contributed by atoms with Crippen LogP contribution in [-0.4, -0.2) is 44.9 Å². The van der Waals surface area contributed by atoms with Gasteiger partial charge in [-0.2, -0.15) is 4.31 Å². The summed E-state index contributed by atoms with van der Waals surface area (Å²) in [4.78, 5) is 0.995. The third-order valence-corrected chi connectivity index (χ3v) is 6.95. The molecule has 1 heterocycles. The number of halogens is 1. The van der Waals surface area contributed by atoms with Gasteiger partial charge < -0.3 is 4.74 Å². The third-order valence-electron chi connectivity index (χ3n) is 3.14. The molecule has 1 unspecified atom stereocenters. The molecule has 1 rings (SSSR count). The number of rotatable bonds is 9. The van der Waals surface area contributed by atoms with Crippen LogP contribution in [0.15, 0.2) is 16.3 Å². The lowest BCUT2D eigenvalue weighted by atomic mass is 10.3. The molecule has 1 aromatic heterocycles. The molecule has 4 nitrogen and oxygen atoms in total. The summed E-state index contributed by atoms with van der Waals surface area (Å²) in [6.07, 6.45) is 1.46. The van der Waals surface area contributed by atoms with Crippen molar-refractivity contribution < 1.29 is 13.2 Å². The number of alkyl halides is 1. The molecule has 0 N–H and O–H groups in total. The summed E-state index contributed by atoms with van der Waals surface area (Å²) < 4.78 is 32.3. The van der Waals surface area contributed by atoms with E-state index in [0.717, 1.165) is 11.3 Å². The quantitative estimate of drug-likeness (QED) is 0.650. The van der Waals surface area contributed by atoms with Crippen LogP contribution in [0.2, 0.25) is 0 Å². The Morgan fingerprint density at radius 3 is 2.70 bits per heavy atom. The number of hydrogen-bond acceptors (Lipinski definition) is 4. The maximum atomic E-state index is 12.7. The zero-order valence-corrected chi connectivity index (χ0v) is 14.5. The Labute approximate surface area is 130 Å². The van der Waals surface area contributed by atoms with Crippen molar-refractivity contribution in [3.63, 3.8) is 0 Å². The summed E-state index contributed by atoms with van der Waals surface area (Å²) >= 11 is 6.99. The van der Waals surface area contributed by atoms with E-state index in [-0.39, 0.29) is 6.04 Å². The maximum Gasteiger partial charge on any atom is 0.252 e. The minimum atomic E-state index is -3.45. The van der Waals surface area contributed by atoms with Crippen molar-refractivity contribution in [2.45, 2.75) is 36.9 Å². The van der Waals surface area contributed by atoms with Gasteiger partial charge in [-0.05, 0) is 31.9 Å². The van der Waals surface area contributed by atoms with E-state index in [1.54, 1.807) is 13.2 Å². The molecule has 7 heteroatoms. The molecule has 20 heavy (non-hydrogen) atoms. The molecule has 1 atom stereocenters. The van der Waals surface area contributed by atoms with Gasteiger partial charge in [0.25, 0.3) is 10.0 Å². The first-order chi connectivity index (χ1) is 9.47. The van der Waals surface area contributed by atoms with E-state index >= 15 is 0 Å². The summed E-state index contributed by atoms with van der Waals surface area (Å²) in [5.41, 5.74) is 0. The van der Waals surface area contributed by atoms with Crippen LogP contribution in [0.25, 0.3) is 0 Å². The SMILES string of the molecule is CCC(C)N(CCOC)S(=O)(=O)c1ccc(CCCl)s1. The van der Waals surface area contributed by atoms with E-state index in [2.05, 4.69) is 0 Å². The second kappa shape index (κ2) is 8.34. The Morgan fingerprint density at radius 2 is 2.15 bits per heavy atom. The number of hydrogen-bond donors (Lipinski definition) is 0. The molecule has 0 aliphatic carbocycles. The summed E-state index contributed by atoms with van der Waals surface area (Å²) in [7, 11) is -1.88. The molecule has 0 radical (unpaired) electrons. The molecule has 0 amide bonds. The average Bonchev–Trinajstić information content (AvgIpc) is 2.88. The zero-order valence-electron chi connectivity index (χ0n) is 12.1. The van der Waals surface area contributed by atoms with E-state index in [1.807, 2.05) is 19.9 Å². The number of methoxy groups -OCH3 is 1.